The van der Waals surface area contributed by atoms with Gasteiger partial charge in [0.05, 0.1) is 5.66 Å². The molecule has 0 aliphatic rings. The van der Waals surface area contributed by atoms with Crippen molar-refractivity contribution in [2.45, 2.75) is 5.66 Å². The SMILES string of the molecule is C=C(C(c1ccccc1)P(=O)(c1ccccc1)c1ccccc1)P(=S)(c1ccccc1)c1ccccc1. The van der Waals surface area contributed by atoms with Gasteiger partial charge in [-0.1, -0.05) is 170 Å². The Hall–Kier alpha value is -3.28. The standard InChI is InChI=1S/C33H28OP2S/c1-27(36(37,31-23-13-5-14-24-31)32-25-15-6-16-26-32)33(28-17-7-2-8-18-28)35(34,29-19-9-3-10-20-29)30-21-11-4-12-22-30/h2-26,33H,1H2. The van der Waals surface area contributed by atoms with Crippen LogP contribution in [0.3, 0.4) is 0 Å². The largest absolute Gasteiger partial charge is 0.313 e. The van der Waals surface area contributed by atoms with E-state index in [2.05, 4.69) is 36.4 Å². The second-order valence-electron chi connectivity index (χ2n) is 8.91. The summed E-state index contributed by atoms with van der Waals surface area (Å²) >= 11 is 6.69. The second-order valence-corrected chi connectivity index (χ2v) is 16.2. The average Bonchev–Trinajstić information content (AvgIpc) is 2.99. The van der Waals surface area contributed by atoms with Gasteiger partial charge in [-0.3, -0.25) is 0 Å². The van der Waals surface area contributed by atoms with E-state index >= 15 is 4.57 Å². The molecule has 0 heterocycles. The number of rotatable bonds is 8. The molecule has 0 fully saturated rings. The molecule has 1 atom stereocenters. The lowest BCUT2D eigenvalue weighted by atomic mass is 10.1. The molecule has 1 unspecified atom stereocenters. The van der Waals surface area contributed by atoms with E-state index in [9.17, 15) is 0 Å². The molecule has 0 aromatic heterocycles. The minimum atomic E-state index is -3.29. The summed E-state index contributed by atoms with van der Waals surface area (Å²) in [5.74, 6) is 0. The molecular formula is C33H28OP2S. The van der Waals surface area contributed by atoms with E-state index in [0.717, 1.165) is 32.1 Å². The number of hydrogen-bond acceptors (Lipinski definition) is 2. The predicted molar refractivity (Wildman–Crippen MR) is 165 cm³/mol. The molecule has 0 aliphatic carbocycles. The van der Waals surface area contributed by atoms with Crippen molar-refractivity contribution in [2.24, 2.45) is 0 Å². The minimum absolute atomic E-state index is 0.496. The molecule has 4 heteroatoms. The number of hydrogen-bond donors (Lipinski definition) is 0. The van der Waals surface area contributed by atoms with Crippen LogP contribution in [0.15, 0.2) is 164 Å². The molecule has 1 nitrogen and oxygen atoms in total. The highest BCUT2D eigenvalue weighted by Crippen LogP contribution is 2.68. The summed E-state index contributed by atoms with van der Waals surface area (Å²) in [7, 11) is -3.29. The Bertz CT molecular complexity index is 1480. The smallest absolute Gasteiger partial charge is 0.154 e. The first kappa shape index (κ1) is 25.4. The third-order valence-corrected chi connectivity index (χ3v) is 15.5. The summed E-state index contributed by atoms with van der Waals surface area (Å²) in [4.78, 5) is 0. The minimum Gasteiger partial charge on any atom is -0.313 e. The highest BCUT2D eigenvalue weighted by Gasteiger charge is 2.44. The molecule has 37 heavy (non-hydrogen) atoms. The molecule has 0 radical (unpaired) electrons. The van der Waals surface area contributed by atoms with Crippen LogP contribution in [0, 0.1) is 0 Å². The van der Waals surface area contributed by atoms with E-state index in [-0.39, 0.29) is 0 Å². The average molecular weight is 535 g/mol. The zero-order chi connectivity index (χ0) is 25.7. The lowest BCUT2D eigenvalue weighted by Gasteiger charge is -2.36. The van der Waals surface area contributed by atoms with Crippen LogP contribution in [0.2, 0.25) is 0 Å². The number of benzene rings is 5. The Morgan fingerprint density at radius 1 is 0.514 bits per heavy atom. The molecular weight excluding hydrogens is 506 g/mol. The molecule has 0 spiro atoms. The molecule has 182 valence electrons. The van der Waals surface area contributed by atoms with Crippen molar-refractivity contribution in [2.75, 3.05) is 0 Å². The molecule has 0 aliphatic heterocycles. The van der Waals surface area contributed by atoms with Crippen molar-refractivity contribution in [3.63, 3.8) is 0 Å². The van der Waals surface area contributed by atoms with Crippen molar-refractivity contribution >= 4 is 46.2 Å². The zero-order valence-electron chi connectivity index (χ0n) is 20.4. The van der Waals surface area contributed by atoms with E-state index < -0.39 is 18.8 Å². The summed E-state index contributed by atoms with van der Waals surface area (Å²) in [5, 5.41) is 4.55. The second kappa shape index (κ2) is 11.0. The van der Waals surface area contributed by atoms with Crippen LogP contribution in [-0.2, 0) is 16.4 Å². The van der Waals surface area contributed by atoms with Gasteiger partial charge in [-0.15, -0.1) is 0 Å². The summed E-state index contributed by atoms with van der Waals surface area (Å²) < 4.78 is 15.8. The summed E-state index contributed by atoms with van der Waals surface area (Å²) in [5.41, 5.74) is 0.467. The van der Waals surface area contributed by atoms with Crippen LogP contribution in [0.5, 0.6) is 0 Å². The molecule has 0 amide bonds. The van der Waals surface area contributed by atoms with Crippen LogP contribution >= 0.6 is 13.2 Å². The van der Waals surface area contributed by atoms with Crippen molar-refractivity contribution in [1.29, 1.82) is 0 Å². The first-order valence-electron chi connectivity index (χ1n) is 12.2. The maximum absolute atomic E-state index is 15.8. The van der Waals surface area contributed by atoms with Gasteiger partial charge in [-0.2, -0.15) is 0 Å². The van der Waals surface area contributed by atoms with Gasteiger partial charge in [0.25, 0.3) is 0 Å². The first-order valence-corrected chi connectivity index (χ1v) is 16.8. The Morgan fingerprint density at radius 2 is 0.811 bits per heavy atom. The zero-order valence-corrected chi connectivity index (χ0v) is 23.0. The predicted octanol–water partition coefficient (Wildman–Crippen LogP) is 7.39. The molecule has 0 saturated heterocycles. The highest BCUT2D eigenvalue weighted by molar-refractivity contribution is 8.24. The summed E-state index contributed by atoms with van der Waals surface area (Å²) in [6.07, 6.45) is 0. The lowest BCUT2D eigenvalue weighted by Crippen LogP contribution is -2.26. The highest BCUT2D eigenvalue weighted by atomic mass is 32.4. The molecule has 5 rings (SSSR count). The maximum Gasteiger partial charge on any atom is 0.154 e. The van der Waals surface area contributed by atoms with E-state index in [4.69, 9.17) is 18.4 Å². The van der Waals surface area contributed by atoms with Crippen molar-refractivity contribution in [3.05, 3.63) is 169 Å². The Morgan fingerprint density at radius 3 is 1.16 bits per heavy atom. The van der Waals surface area contributed by atoms with Crippen LogP contribution in [0.25, 0.3) is 0 Å². The lowest BCUT2D eigenvalue weighted by molar-refractivity contribution is 0.583. The first-order chi connectivity index (χ1) is 18.1. The van der Waals surface area contributed by atoms with Gasteiger partial charge in [0.15, 0.2) is 7.14 Å². The van der Waals surface area contributed by atoms with Gasteiger partial charge in [-0.25, -0.2) is 0 Å². The van der Waals surface area contributed by atoms with E-state index in [1.807, 2.05) is 115 Å². The van der Waals surface area contributed by atoms with Crippen LogP contribution in [-0.4, -0.2) is 0 Å². The Kier molecular flexibility index (Phi) is 7.54. The van der Waals surface area contributed by atoms with Crippen LogP contribution < -0.4 is 21.2 Å². The van der Waals surface area contributed by atoms with Crippen molar-refractivity contribution in [1.82, 2.24) is 0 Å². The fourth-order valence-corrected chi connectivity index (χ4v) is 13.0. The van der Waals surface area contributed by atoms with Crippen LogP contribution in [0.4, 0.5) is 0 Å². The third kappa shape index (κ3) is 4.74. The van der Waals surface area contributed by atoms with Gasteiger partial charge in [0.1, 0.15) is 0 Å². The molecule has 5 aromatic carbocycles. The van der Waals surface area contributed by atoms with Gasteiger partial charge in [0.2, 0.25) is 0 Å². The van der Waals surface area contributed by atoms with E-state index in [1.165, 1.54) is 0 Å². The fourth-order valence-electron chi connectivity index (χ4n) is 4.92. The fraction of sp³-hybridized carbons (Fsp3) is 0.0303. The molecule has 0 saturated carbocycles. The van der Waals surface area contributed by atoms with E-state index in [0.29, 0.717) is 0 Å². The van der Waals surface area contributed by atoms with Gasteiger partial charge >= 0.3 is 0 Å². The molecule has 0 N–H and O–H groups in total. The van der Waals surface area contributed by atoms with Crippen molar-refractivity contribution in [3.8, 4) is 0 Å². The topological polar surface area (TPSA) is 17.1 Å². The van der Waals surface area contributed by atoms with Crippen LogP contribution in [0.1, 0.15) is 11.2 Å². The van der Waals surface area contributed by atoms with Gasteiger partial charge < -0.3 is 4.57 Å². The Labute approximate surface area is 224 Å². The van der Waals surface area contributed by atoms with Crippen molar-refractivity contribution < 1.29 is 4.57 Å². The Balaban J connectivity index is 1.84. The molecule has 5 aromatic rings. The summed E-state index contributed by atoms with van der Waals surface area (Å²) in [6.45, 7) is 4.75. The van der Waals surface area contributed by atoms with Gasteiger partial charge in [-0.05, 0) is 21.5 Å². The van der Waals surface area contributed by atoms with Gasteiger partial charge in [0, 0.05) is 16.6 Å². The monoisotopic (exact) mass is 534 g/mol. The summed E-state index contributed by atoms with van der Waals surface area (Å²) in [6, 6.07) is 47.7. The molecule has 0 bridgehead atoms. The maximum atomic E-state index is 15.8. The number of allylic oxidation sites excluding steroid dienone is 1. The normalized spacial score (nSPS) is 12.5. The quantitative estimate of drug-likeness (QED) is 0.193. The third-order valence-electron chi connectivity index (χ3n) is 6.72. The van der Waals surface area contributed by atoms with E-state index in [1.54, 1.807) is 0 Å².